The maximum Gasteiger partial charge on any atom is 0.339 e. The summed E-state index contributed by atoms with van der Waals surface area (Å²) in [6, 6.07) is 14.2. The van der Waals surface area contributed by atoms with Crippen LogP contribution in [-0.4, -0.2) is 37.5 Å². The molecule has 0 aliphatic carbocycles. The highest BCUT2D eigenvalue weighted by atomic mass is 35.5. The minimum atomic E-state index is -0.490. The predicted molar refractivity (Wildman–Crippen MR) is 94.2 cm³/mol. The van der Waals surface area contributed by atoms with Gasteiger partial charge in [0.2, 0.25) is 5.91 Å². The molecule has 0 atom stereocenters. The van der Waals surface area contributed by atoms with E-state index in [0.717, 1.165) is 5.56 Å². The Bertz CT molecular complexity index is 734. The van der Waals surface area contributed by atoms with Crippen molar-refractivity contribution >= 4 is 29.2 Å². The lowest BCUT2D eigenvalue weighted by molar-refractivity contribution is -0.117. The number of para-hydroxylation sites is 1. The van der Waals surface area contributed by atoms with Crippen LogP contribution in [0, 0.1) is 0 Å². The van der Waals surface area contributed by atoms with Gasteiger partial charge in [-0.2, -0.15) is 0 Å². The molecule has 1 N–H and O–H groups in total. The monoisotopic (exact) mass is 346 g/mol. The van der Waals surface area contributed by atoms with Gasteiger partial charge >= 0.3 is 5.97 Å². The molecule has 0 bridgehead atoms. The third-order valence-corrected chi connectivity index (χ3v) is 3.79. The summed E-state index contributed by atoms with van der Waals surface area (Å²) in [5.74, 6) is -0.712. The van der Waals surface area contributed by atoms with E-state index in [0.29, 0.717) is 22.8 Å². The number of hydrogen-bond acceptors (Lipinski definition) is 4. The van der Waals surface area contributed by atoms with Crippen molar-refractivity contribution in [2.75, 3.05) is 26.0 Å². The topological polar surface area (TPSA) is 58.6 Å². The van der Waals surface area contributed by atoms with Crippen molar-refractivity contribution in [1.82, 2.24) is 4.90 Å². The van der Waals surface area contributed by atoms with E-state index in [9.17, 15) is 9.59 Å². The first-order valence-corrected chi connectivity index (χ1v) is 7.78. The summed E-state index contributed by atoms with van der Waals surface area (Å²) in [5.41, 5.74) is 1.70. The van der Waals surface area contributed by atoms with Gasteiger partial charge in [-0.15, -0.1) is 0 Å². The molecule has 1 amide bonds. The Hall–Kier alpha value is -2.37. The fourth-order valence-corrected chi connectivity index (χ4v) is 2.48. The number of hydrogen-bond donors (Lipinski definition) is 1. The van der Waals surface area contributed by atoms with Crippen LogP contribution in [0.5, 0.6) is 0 Å². The van der Waals surface area contributed by atoms with Crippen LogP contribution in [-0.2, 0) is 16.1 Å². The van der Waals surface area contributed by atoms with Crippen LogP contribution in [0.25, 0.3) is 0 Å². The van der Waals surface area contributed by atoms with E-state index in [1.54, 1.807) is 24.3 Å². The molecule has 0 spiro atoms. The van der Waals surface area contributed by atoms with Crippen molar-refractivity contribution in [1.29, 1.82) is 0 Å². The third kappa shape index (κ3) is 4.81. The van der Waals surface area contributed by atoms with E-state index in [2.05, 4.69) is 5.32 Å². The number of halogens is 1. The Morgan fingerprint density at radius 2 is 1.79 bits per heavy atom. The molecule has 2 aromatic carbocycles. The number of ether oxygens (including phenoxy) is 1. The lowest BCUT2D eigenvalue weighted by Crippen LogP contribution is -2.30. The first-order valence-electron chi connectivity index (χ1n) is 7.40. The third-order valence-electron chi connectivity index (χ3n) is 3.42. The molecular formula is C18H19ClN2O3. The van der Waals surface area contributed by atoms with Gasteiger partial charge in [0.15, 0.2) is 0 Å². The van der Waals surface area contributed by atoms with E-state index >= 15 is 0 Å². The molecule has 0 saturated carbocycles. The second kappa shape index (κ2) is 8.47. The zero-order valence-corrected chi connectivity index (χ0v) is 14.3. The van der Waals surface area contributed by atoms with Crippen molar-refractivity contribution in [2.24, 2.45) is 0 Å². The highest BCUT2D eigenvalue weighted by Gasteiger charge is 2.14. The number of nitrogens with zero attached hydrogens (tertiary/aromatic N) is 1. The molecule has 0 aliphatic rings. The number of methoxy groups -OCH3 is 1. The number of nitrogens with one attached hydrogen (secondary N) is 1. The van der Waals surface area contributed by atoms with Gasteiger partial charge < -0.3 is 10.1 Å². The smallest absolute Gasteiger partial charge is 0.339 e. The average Bonchev–Trinajstić information content (AvgIpc) is 2.56. The molecule has 0 aromatic heterocycles. The van der Waals surface area contributed by atoms with E-state index < -0.39 is 5.97 Å². The molecule has 0 radical (unpaired) electrons. The van der Waals surface area contributed by atoms with Crippen molar-refractivity contribution < 1.29 is 14.3 Å². The van der Waals surface area contributed by atoms with Gasteiger partial charge in [-0.25, -0.2) is 4.79 Å². The van der Waals surface area contributed by atoms with Crippen molar-refractivity contribution in [3.8, 4) is 0 Å². The SMILES string of the molecule is COC(=O)c1ccccc1NC(=O)CN(C)Cc1ccccc1Cl. The molecule has 2 aromatic rings. The van der Waals surface area contributed by atoms with Crippen LogP contribution in [0.15, 0.2) is 48.5 Å². The van der Waals surface area contributed by atoms with E-state index in [4.69, 9.17) is 16.3 Å². The maximum atomic E-state index is 12.2. The van der Waals surface area contributed by atoms with Gasteiger partial charge in [0.05, 0.1) is 24.9 Å². The van der Waals surface area contributed by atoms with Gasteiger partial charge in [0.1, 0.15) is 0 Å². The van der Waals surface area contributed by atoms with Gasteiger partial charge in [0.25, 0.3) is 0 Å². The van der Waals surface area contributed by atoms with E-state index in [1.807, 2.05) is 36.2 Å². The van der Waals surface area contributed by atoms with Crippen LogP contribution in [0.4, 0.5) is 5.69 Å². The van der Waals surface area contributed by atoms with Crippen LogP contribution in [0.1, 0.15) is 15.9 Å². The Balaban J connectivity index is 1.99. The molecule has 6 heteroatoms. The number of likely N-dealkylation sites (N-methyl/N-ethyl adjacent to an activating group) is 1. The summed E-state index contributed by atoms with van der Waals surface area (Å²) in [4.78, 5) is 25.8. The highest BCUT2D eigenvalue weighted by Crippen LogP contribution is 2.18. The molecule has 0 aliphatic heterocycles. The summed E-state index contributed by atoms with van der Waals surface area (Å²) in [6.45, 7) is 0.715. The Labute approximate surface area is 146 Å². The predicted octanol–water partition coefficient (Wildman–Crippen LogP) is 3.20. The number of anilines is 1. The first-order chi connectivity index (χ1) is 11.5. The Morgan fingerprint density at radius 3 is 2.50 bits per heavy atom. The number of carbonyl (C=O) groups is 2. The first kappa shape index (κ1) is 18.0. The Kier molecular flexibility index (Phi) is 6.35. The average molecular weight is 347 g/mol. The van der Waals surface area contributed by atoms with Gasteiger partial charge in [-0.1, -0.05) is 41.9 Å². The lowest BCUT2D eigenvalue weighted by Gasteiger charge is -2.17. The number of carbonyl (C=O) groups excluding carboxylic acids is 2. The minimum Gasteiger partial charge on any atom is -0.465 e. The quantitative estimate of drug-likeness (QED) is 0.816. The summed E-state index contributed by atoms with van der Waals surface area (Å²) in [5, 5.41) is 3.41. The molecule has 5 nitrogen and oxygen atoms in total. The Morgan fingerprint density at radius 1 is 1.12 bits per heavy atom. The largest absolute Gasteiger partial charge is 0.465 e. The fraction of sp³-hybridized carbons (Fsp3) is 0.222. The van der Waals surface area contributed by atoms with Crippen molar-refractivity contribution in [3.63, 3.8) is 0 Å². The minimum absolute atomic E-state index is 0.167. The second-order valence-corrected chi connectivity index (χ2v) is 5.76. The summed E-state index contributed by atoms with van der Waals surface area (Å²) in [6.07, 6.45) is 0. The summed E-state index contributed by atoms with van der Waals surface area (Å²) >= 11 is 6.13. The van der Waals surface area contributed by atoms with Gasteiger partial charge in [0, 0.05) is 11.6 Å². The van der Waals surface area contributed by atoms with Crippen molar-refractivity contribution in [2.45, 2.75) is 6.54 Å². The lowest BCUT2D eigenvalue weighted by atomic mass is 10.2. The van der Waals surface area contributed by atoms with E-state index in [1.165, 1.54) is 7.11 Å². The van der Waals surface area contributed by atoms with E-state index in [-0.39, 0.29) is 12.5 Å². The number of amides is 1. The normalized spacial score (nSPS) is 10.5. The molecule has 0 saturated heterocycles. The van der Waals surface area contributed by atoms with Crippen molar-refractivity contribution in [3.05, 3.63) is 64.7 Å². The zero-order valence-electron chi connectivity index (χ0n) is 13.6. The number of rotatable bonds is 6. The second-order valence-electron chi connectivity index (χ2n) is 5.35. The standard InChI is InChI=1S/C18H19ClN2O3/c1-21(11-13-7-3-5-9-15(13)19)12-17(22)20-16-10-6-4-8-14(16)18(23)24-2/h3-10H,11-12H2,1-2H3,(H,20,22). The summed E-state index contributed by atoms with van der Waals surface area (Å²) in [7, 11) is 3.13. The molecular weight excluding hydrogens is 328 g/mol. The van der Waals surface area contributed by atoms with Crippen LogP contribution in [0.2, 0.25) is 5.02 Å². The van der Waals surface area contributed by atoms with Gasteiger partial charge in [-0.3, -0.25) is 9.69 Å². The van der Waals surface area contributed by atoms with Gasteiger partial charge in [-0.05, 0) is 30.8 Å². The fourth-order valence-electron chi connectivity index (χ4n) is 2.29. The molecule has 0 heterocycles. The zero-order chi connectivity index (χ0) is 17.5. The van der Waals surface area contributed by atoms with Crippen LogP contribution in [0.3, 0.4) is 0 Å². The molecule has 24 heavy (non-hydrogen) atoms. The van der Waals surface area contributed by atoms with Crippen LogP contribution >= 0.6 is 11.6 Å². The molecule has 2 rings (SSSR count). The highest BCUT2D eigenvalue weighted by molar-refractivity contribution is 6.31. The summed E-state index contributed by atoms with van der Waals surface area (Å²) < 4.78 is 4.72. The number of esters is 1. The molecule has 126 valence electrons. The maximum absolute atomic E-state index is 12.2. The number of benzene rings is 2. The van der Waals surface area contributed by atoms with Crippen LogP contribution < -0.4 is 5.32 Å². The molecule has 0 unspecified atom stereocenters. The molecule has 0 fully saturated rings.